The first kappa shape index (κ1) is 18.4. The van der Waals surface area contributed by atoms with E-state index in [0.29, 0.717) is 17.4 Å². The molecule has 2 rings (SSSR count). The van der Waals surface area contributed by atoms with Crippen molar-refractivity contribution in [3.05, 3.63) is 35.1 Å². The number of carbonyl (C=O) groups excluding carboxylic acids is 2. The van der Waals surface area contributed by atoms with Crippen molar-refractivity contribution in [2.75, 3.05) is 0 Å². The molecule has 0 unspecified atom stereocenters. The van der Waals surface area contributed by atoms with Crippen LogP contribution in [0.1, 0.15) is 56.0 Å². The number of benzene rings is 1. The monoisotopic (exact) mass is 335 g/mol. The van der Waals surface area contributed by atoms with E-state index in [4.69, 9.17) is 4.74 Å². The van der Waals surface area contributed by atoms with Crippen LogP contribution < -0.4 is 5.32 Å². The SMILES string of the molecule is Cc1ccc(C(=O)O[C@H](C)C(=O)N[C@@H]2CCC[C@H](C)[C@@H]2C)cc1F. The highest BCUT2D eigenvalue weighted by Crippen LogP contribution is 2.29. The van der Waals surface area contributed by atoms with Crippen LogP contribution in [0, 0.1) is 24.6 Å². The van der Waals surface area contributed by atoms with Gasteiger partial charge in [0, 0.05) is 6.04 Å². The fraction of sp³-hybridized carbons (Fsp3) is 0.579. The van der Waals surface area contributed by atoms with Gasteiger partial charge in [-0.05, 0) is 49.8 Å². The molecule has 0 saturated heterocycles. The Hall–Kier alpha value is -1.91. The van der Waals surface area contributed by atoms with Gasteiger partial charge in [-0.15, -0.1) is 0 Å². The predicted octanol–water partition coefficient (Wildman–Crippen LogP) is 3.62. The molecule has 1 amide bonds. The molecule has 1 aliphatic carbocycles. The fourth-order valence-corrected chi connectivity index (χ4v) is 3.09. The maximum atomic E-state index is 13.5. The summed E-state index contributed by atoms with van der Waals surface area (Å²) in [6.07, 6.45) is 2.30. The largest absolute Gasteiger partial charge is 0.449 e. The van der Waals surface area contributed by atoms with Gasteiger partial charge in [-0.1, -0.05) is 32.8 Å². The van der Waals surface area contributed by atoms with E-state index in [2.05, 4.69) is 19.2 Å². The van der Waals surface area contributed by atoms with Crippen LogP contribution in [0.15, 0.2) is 18.2 Å². The van der Waals surface area contributed by atoms with Gasteiger partial charge >= 0.3 is 5.97 Å². The first-order chi connectivity index (χ1) is 11.3. The smallest absolute Gasteiger partial charge is 0.339 e. The normalized spacial score (nSPS) is 25.0. The number of halogens is 1. The molecule has 1 N–H and O–H groups in total. The van der Waals surface area contributed by atoms with Gasteiger partial charge < -0.3 is 10.1 Å². The third kappa shape index (κ3) is 4.34. The minimum Gasteiger partial charge on any atom is -0.449 e. The Morgan fingerprint density at radius 2 is 2.00 bits per heavy atom. The van der Waals surface area contributed by atoms with Crippen molar-refractivity contribution < 1.29 is 18.7 Å². The van der Waals surface area contributed by atoms with E-state index in [-0.39, 0.29) is 17.5 Å². The van der Waals surface area contributed by atoms with Crippen LogP contribution in [0.4, 0.5) is 4.39 Å². The summed E-state index contributed by atoms with van der Waals surface area (Å²) in [7, 11) is 0. The summed E-state index contributed by atoms with van der Waals surface area (Å²) in [6, 6.07) is 4.25. The fourth-order valence-electron chi connectivity index (χ4n) is 3.09. The number of hydrogen-bond acceptors (Lipinski definition) is 3. The number of aryl methyl sites for hydroxylation is 1. The number of esters is 1. The van der Waals surface area contributed by atoms with Crippen LogP contribution in [0.2, 0.25) is 0 Å². The van der Waals surface area contributed by atoms with Crippen LogP contribution >= 0.6 is 0 Å². The molecule has 0 aromatic heterocycles. The number of amides is 1. The van der Waals surface area contributed by atoms with Crippen molar-refractivity contribution in [2.24, 2.45) is 11.8 Å². The highest BCUT2D eigenvalue weighted by Gasteiger charge is 2.30. The molecule has 0 spiro atoms. The van der Waals surface area contributed by atoms with E-state index < -0.39 is 17.9 Å². The van der Waals surface area contributed by atoms with Gasteiger partial charge in [0.15, 0.2) is 6.10 Å². The van der Waals surface area contributed by atoms with Crippen molar-refractivity contribution in [1.82, 2.24) is 5.32 Å². The molecule has 1 fully saturated rings. The average molecular weight is 335 g/mol. The molecule has 0 aliphatic heterocycles. The average Bonchev–Trinajstić information content (AvgIpc) is 2.54. The zero-order valence-electron chi connectivity index (χ0n) is 14.8. The predicted molar refractivity (Wildman–Crippen MR) is 90.1 cm³/mol. The molecule has 0 radical (unpaired) electrons. The van der Waals surface area contributed by atoms with E-state index >= 15 is 0 Å². The maximum absolute atomic E-state index is 13.5. The second-order valence-corrected chi connectivity index (χ2v) is 6.89. The number of hydrogen-bond donors (Lipinski definition) is 1. The molecule has 132 valence electrons. The highest BCUT2D eigenvalue weighted by molar-refractivity contribution is 5.92. The van der Waals surface area contributed by atoms with Crippen molar-refractivity contribution in [1.29, 1.82) is 0 Å². The van der Waals surface area contributed by atoms with Crippen molar-refractivity contribution in [2.45, 2.75) is 59.1 Å². The molecule has 1 aliphatic rings. The second-order valence-electron chi connectivity index (χ2n) is 6.89. The van der Waals surface area contributed by atoms with Crippen LogP contribution in [-0.2, 0) is 9.53 Å². The molecule has 5 heteroatoms. The number of nitrogens with one attached hydrogen (secondary N) is 1. The van der Waals surface area contributed by atoms with Gasteiger partial charge in [0.05, 0.1) is 5.56 Å². The standard InChI is InChI=1S/C19H26FNO3/c1-11-6-5-7-17(13(11)3)21-18(22)14(4)24-19(23)15-9-8-12(2)16(20)10-15/h8-11,13-14,17H,5-7H2,1-4H3,(H,21,22)/t11-,13-,14+,17+/m0/s1. The zero-order valence-corrected chi connectivity index (χ0v) is 14.8. The third-order valence-electron chi connectivity index (χ3n) is 5.10. The van der Waals surface area contributed by atoms with Crippen molar-refractivity contribution in [3.8, 4) is 0 Å². The maximum Gasteiger partial charge on any atom is 0.339 e. The van der Waals surface area contributed by atoms with Gasteiger partial charge in [-0.3, -0.25) is 4.79 Å². The number of rotatable bonds is 4. The highest BCUT2D eigenvalue weighted by atomic mass is 19.1. The van der Waals surface area contributed by atoms with Crippen molar-refractivity contribution in [3.63, 3.8) is 0 Å². The number of ether oxygens (including phenoxy) is 1. The summed E-state index contributed by atoms with van der Waals surface area (Å²) in [5.74, 6) is -0.496. The Morgan fingerprint density at radius 1 is 1.29 bits per heavy atom. The topological polar surface area (TPSA) is 55.4 Å². The minimum absolute atomic E-state index is 0.109. The Kier molecular flexibility index (Phi) is 5.97. The van der Waals surface area contributed by atoms with E-state index in [1.165, 1.54) is 25.5 Å². The lowest BCUT2D eigenvalue weighted by Gasteiger charge is -2.35. The summed E-state index contributed by atoms with van der Waals surface area (Å²) in [4.78, 5) is 24.4. The van der Waals surface area contributed by atoms with Crippen LogP contribution in [0.3, 0.4) is 0 Å². The second kappa shape index (κ2) is 7.77. The summed E-state index contributed by atoms with van der Waals surface area (Å²) >= 11 is 0. The summed E-state index contributed by atoms with van der Waals surface area (Å²) < 4.78 is 18.7. The summed E-state index contributed by atoms with van der Waals surface area (Å²) in [5.41, 5.74) is 0.565. The van der Waals surface area contributed by atoms with Gasteiger partial charge in [-0.25, -0.2) is 9.18 Å². The zero-order chi connectivity index (χ0) is 17.9. The molecule has 1 saturated carbocycles. The van der Waals surface area contributed by atoms with E-state index in [0.717, 1.165) is 18.9 Å². The van der Waals surface area contributed by atoms with Crippen LogP contribution in [-0.4, -0.2) is 24.0 Å². The lowest BCUT2D eigenvalue weighted by Crippen LogP contribution is -2.47. The molecule has 0 heterocycles. The van der Waals surface area contributed by atoms with Crippen LogP contribution in [0.5, 0.6) is 0 Å². The van der Waals surface area contributed by atoms with Gasteiger partial charge in [0.1, 0.15) is 5.82 Å². The molecule has 24 heavy (non-hydrogen) atoms. The molecule has 4 nitrogen and oxygen atoms in total. The Labute approximate surface area is 142 Å². The Balaban J connectivity index is 1.93. The Morgan fingerprint density at radius 3 is 2.67 bits per heavy atom. The van der Waals surface area contributed by atoms with Gasteiger partial charge in [0.25, 0.3) is 5.91 Å². The number of carbonyl (C=O) groups is 2. The van der Waals surface area contributed by atoms with E-state index in [1.54, 1.807) is 6.92 Å². The molecule has 1 aromatic carbocycles. The van der Waals surface area contributed by atoms with E-state index in [1.807, 2.05) is 0 Å². The molecular formula is C19H26FNO3. The van der Waals surface area contributed by atoms with Crippen molar-refractivity contribution >= 4 is 11.9 Å². The van der Waals surface area contributed by atoms with E-state index in [9.17, 15) is 14.0 Å². The first-order valence-corrected chi connectivity index (χ1v) is 8.57. The summed E-state index contributed by atoms with van der Waals surface area (Å²) in [6.45, 7) is 7.49. The molecule has 1 aromatic rings. The lowest BCUT2D eigenvalue weighted by molar-refractivity contribution is -0.130. The molecular weight excluding hydrogens is 309 g/mol. The van der Waals surface area contributed by atoms with Crippen LogP contribution in [0.25, 0.3) is 0 Å². The quantitative estimate of drug-likeness (QED) is 0.855. The molecule has 0 bridgehead atoms. The van der Waals surface area contributed by atoms with Gasteiger partial charge in [-0.2, -0.15) is 0 Å². The third-order valence-corrected chi connectivity index (χ3v) is 5.10. The minimum atomic E-state index is -0.911. The first-order valence-electron chi connectivity index (χ1n) is 8.57. The molecule has 4 atom stereocenters. The Bertz CT molecular complexity index is 617. The van der Waals surface area contributed by atoms with Gasteiger partial charge in [0.2, 0.25) is 0 Å². The lowest BCUT2D eigenvalue weighted by atomic mass is 9.78. The summed E-state index contributed by atoms with van der Waals surface area (Å²) in [5, 5.41) is 2.99.